The minimum Gasteiger partial charge on any atom is -0.303 e. The maximum atomic E-state index is 12.0. The van der Waals surface area contributed by atoms with E-state index < -0.39 is 15.1 Å². The van der Waals surface area contributed by atoms with E-state index in [-0.39, 0.29) is 6.61 Å². The number of hydrogen-bond donors (Lipinski definition) is 1. The van der Waals surface area contributed by atoms with E-state index in [0.29, 0.717) is 11.3 Å². The van der Waals surface area contributed by atoms with Gasteiger partial charge in [-0.25, -0.2) is 14.3 Å². The Balaban J connectivity index is 2.52. The third kappa shape index (κ3) is 1.56. The molecule has 0 saturated carbocycles. The average Bonchev–Trinajstić information content (AvgIpc) is 2.43. The average molecular weight is 227 g/mol. The van der Waals surface area contributed by atoms with Crippen LogP contribution in [0, 0.1) is 6.92 Å². The van der Waals surface area contributed by atoms with Crippen LogP contribution in [0.3, 0.4) is 0 Å². The number of rotatable bonds is 2. The third-order valence-electron chi connectivity index (χ3n) is 2.83. The number of benzene rings is 1. The van der Waals surface area contributed by atoms with E-state index >= 15 is 0 Å². The third-order valence-corrected chi connectivity index (χ3v) is 5.00. The minimum absolute atomic E-state index is 0.0520. The van der Waals surface area contributed by atoms with Crippen LogP contribution in [0.2, 0.25) is 0 Å². The predicted octanol–water partition coefficient (Wildman–Crippen LogP) is 0.584. The number of sulfone groups is 1. The number of fused-ring (bicyclic) bond motifs is 1. The van der Waals surface area contributed by atoms with Crippen LogP contribution in [0.4, 0.5) is 0 Å². The first-order valence-electron chi connectivity index (χ1n) is 4.71. The Morgan fingerprint density at radius 3 is 2.87 bits per heavy atom. The Hall–Kier alpha value is -0.910. The maximum absolute atomic E-state index is 12.0. The van der Waals surface area contributed by atoms with Gasteiger partial charge < -0.3 is 4.84 Å². The number of nitrogens with two attached hydrogens (primary N) is 1. The zero-order valence-corrected chi connectivity index (χ0v) is 9.25. The topological polar surface area (TPSA) is 69.4 Å². The van der Waals surface area contributed by atoms with Gasteiger partial charge in [-0.05, 0) is 30.5 Å². The molecule has 5 heteroatoms. The van der Waals surface area contributed by atoms with Gasteiger partial charge in [0.25, 0.3) is 0 Å². The molecule has 1 aromatic rings. The number of aryl methyl sites for hydroxylation is 1. The Morgan fingerprint density at radius 1 is 1.53 bits per heavy atom. The Morgan fingerprint density at radius 2 is 2.27 bits per heavy atom. The molecule has 0 bridgehead atoms. The van der Waals surface area contributed by atoms with Gasteiger partial charge in [-0.15, -0.1) is 0 Å². The summed E-state index contributed by atoms with van der Waals surface area (Å²) in [6.45, 7) is 1.97. The Kier molecular flexibility index (Phi) is 2.54. The molecule has 2 N–H and O–H groups in total. The molecule has 0 saturated heterocycles. The fourth-order valence-corrected chi connectivity index (χ4v) is 3.84. The summed E-state index contributed by atoms with van der Waals surface area (Å²) in [7, 11) is -3.24. The quantitative estimate of drug-likeness (QED) is 0.750. The van der Waals surface area contributed by atoms with Gasteiger partial charge in [-0.1, -0.05) is 12.1 Å². The second-order valence-electron chi connectivity index (χ2n) is 3.76. The smallest absolute Gasteiger partial charge is 0.184 e. The highest BCUT2D eigenvalue weighted by molar-refractivity contribution is 7.92. The summed E-state index contributed by atoms with van der Waals surface area (Å²) < 4.78 is 24.0. The lowest BCUT2D eigenvalue weighted by Crippen LogP contribution is -2.24. The summed E-state index contributed by atoms with van der Waals surface area (Å²) in [5.41, 5.74) is 1.91. The summed E-state index contributed by atoms with van der Waals surface area (Å²) >= 11 is 0. The molecule has 0 radical (unpaired) electrons. The van der Waals surface area contributed by atoms with Crippen molar-refractivity contribution >= 4 is 9.84 Å². The van der Waals surface area contributed by atoms with E-state index in [1.165, 1.54) is 0 Å². The van der Waals surface area contributed by atoms with Crippen molar-refractivity contribution in [1.29, 1.82) is 0 Å². The lowest BCUT2D eigenvalue weighted by atomic mass is 10.0. The van der Waals surface area contributed by atoms with Crippen LogP contribution in [0.25, 0.3) is 0 Å². The molecule has 4 nitrogen and oxygen atoms in total. The molecule has 0 aromatic heterocycles. The second kappa shape index (κ2) is 3.59. The van der Waals surface area contributed by atoms with Gasteiger partial charge in [0.15, 0.2) is 9.84 Å². The van der Waals surface area contributed by atoms with E-state index in [4.69, 9.17) is 5.90 Å². The van der Waals surface area contributed by atoms with Gasteiger partial charge in [-0.2, -0.15) is 0 Å². The molecule has 1 aliphatic heterocycles. The van der Waals surface area contributed by atoms with Gasteiger partial charge in [0.05, 0.1) is 16.8 Å². The molecule has 0 amide bonds. The van der Waals surface area contributed by atoms with Crippen molar-refractivity contribution in [2.75, 3.05) is 6.61 Å². The van der Waals surface area contributed by atoms with Gasteiger partial charge in [0.1, 0.15) is 0 Å². The van der Waals surface area contributed by atoms with Gasteiger partial charge in [0.2, 0.25) is 0 Å². The highest BCUT2D eigenvalue weighted by Gasteiger charge is 2.37. The summed E-state index contributed by atoms with van der Waals surface area (Å²) in [5.74, 6) is 4.94. The van der Waals surface area contributed by atoms with Crippen molar-refractivity contribution in [3.63, 3.8) is 0 Å². The monoisotopic (exact) mass is 227 g/mol. The maximum Gasteiger partial charge on any atom is 0.184 e. The summed E-state index contributed by atoms with van der Waals surface area (Å²) in [6, 6.07) is 5.33. The molecule has 1 unspecified atom stereocenters. The van der Waals surface area contributed by atoms with E-state index in [0.717, 1.165) is 11.1 Å². The van der Waals surface area contributed by atoms with Crippen LogP contribution in [0.5, 0.6) is 0 Å². The molecular formula is C10H13NO3S. The van der Waals surface area contributed by atoms with Crippen molar-refractivity contribution in [3.8, 4) is 0 Å². The van der Waals surface area contributed by atoms with Crippen LogP contribution in [0.15, 0.2) is 23.1 Å². The fraction of sp³-hybridized carbons (Fsp3) is 0.400. The Labute approximate surface area is 88.9 Å². The molecule has 0 aliphatic carbocycles. The second-order valence-corrected chi connectivity index (χ2v) is 5.95. The van der Waals surface area contributed by atoms with Crippen LogP contribution in [-0.2, 0) is 21.1 Å². The molecule has 1 atom stereocenters. The van der Waals surface area contributed by atoms with E-state index in [9.17, 15) is 8.42 Å². The molecular weight excluding hydrogens is 214 g/mol. The van der Waals surface area contributed by atoms with Gasteiger partial charge >= 0.3 is 0 Å². The first-order chi connectivity index (χ1) is 7.07. The molecule has 1 aliphatic rings. The minimum atomic E-state index is -3.24. The van der Waals surface area contributed by atoms with Crippen LogP contribution >= 0.6 is 0 Å². The largest absolute Gasteiger partial charge is 0.303 e. The van der Waals surface area contributed by atoms with E-state index in [1.54, 1.807) is 12.1 Å². The molecule has 1 aromatic carbocycles. The standard InChI is InChI=1S/C10H13NO3S/c1-7-3-2-4-10-9(7)5-8(6-14-11)15(10,12)13/h2-4,8H,5-6,11H2,1H3. The van der Waals surface area contributed by atoms with Crippen molar-refractivity contribution < 1.29 is 13.3 Å². The van der Waals surface area contributed by atoms with Gasteiger partial charge in [-0.3, -0.25) is 0 Å². The summed E-state index contributed by atoms with van der Waals surface area (Å²) in [6.07, 6.45) is 0.502. The Bertz CT molecular complexity index is 481. The fourth-order valence-electron chi connectivity index (χ4n) is 1.98. The zero-order valence-electron chi connectivity index (χ0n) is 8.43. The summed E-state index contributed by atoms with van der Waals surface area (Å²) in [5, 5.41) is -0.529. The normalized spacial score (nSPS) is 22.7. The lowest BCUT2D eigenvalue weighted by molar-refractivity contribution is 0.138. The van der Waals surface area contributed by atoms with Crippen molar-refractivity contribution in [3.05, 3.63) is 29.3 Å². The highest BCUT2D eigenvalue weighted by Crippen LogP contribution is 2.33. The molecule has 0 spiro atoms. The van der Waals surface area contributed by atoms with Crippen molar-refractivity contribution in [1.82, 2.24) is 0 Å². The molecule has 1 heterocycles. The van der Waals surface area contributed by atoms with Gasteiger partial charge in [0, 0.05) is 0 Å². The molecule has 0 fully saturated rings. The van der Waals surface area contributed by atoms with Crippen LogP contribution in [-0.4, -0.2) is 20.3 Å². The van der Waals surface area contributed by atoms with Crippen LogP contribution in [0.1, 0.15) is 11.1 Å². The molecule has 2 rings (SSSR count). The van der Waals surface area contributed by atoms with Crippen molar-refractivity contribution in [2.24, 2.45) is 5.90 Å². The predicted molar refractivity (Wildman–Crippen MR) is 56.0 cm³/mol. The zero-order chi connectivity index (χ0) is 11.1. The van der Waals surface area contributed by atoms with E-state index in [1.807, 2.05) is 13.0 Å². The molecule has 15 heavy (non-hydrogen) atoms. The van der Waals surface area contributed by atoms with E-state index in [2.05, 4.69) is 4.84 Å². The highest BCUT2D eigenvalue weighted by atomic mass is 32.2. The summed E-state index contributed by atoms with van der Waals surface area (Å²) in [4.78, 5) is 4.89. The first-order valence-corrected chi connectivity index (χ1v) is 6.26. The SMILES string of the molecule is Cc1cccc2c1CC(CON)S2(=O)=O. The number of hydrogen-bond acceptors (Lipinski definition) is 4. The van der Waals surface area contributed by atoms with Crippen LogP contribution < -0.4 is 5.90 Å². The lowest BCUT2D eigenvalue weighted by Gasteiger charge is -2.06. The first kappa shape index (κ1) is 10.6. The van der Waals surface area contributed by atoms with Crippen molar-refractivity contribution in [2.45, 2.75) is 23.5 Å². The molecule has 82 valence electrons.